The maximum atomic E-state index is 11.1. The number of aromatic nitrogens is 1. The molecule has 4 heteroatoms. The van der Waals surface area contributed by atoms with Crippen molar-refractivity contribution in [1.82, 2.24) is 4.98 Å². The number of hydrogen-bond acceptors (Lipinski definition) is 3. The zero-order valence-electron chi connectivity index (χ0n) is 10.8. The molecule has 2 rings (SSSR count). The Labute approximate surface area is 112 Å². The fourth-order valence-corrected chi connectivity index (χ4v) is 1.83. The number of amides is 1. The van der Waals surface area contributed by atoms with Gasteiger partial charge in [0.25, 0.3) is 0 Å². The molecule has 1 aromatic carbocycles. The molecule has 98 valence electrons. The first-order valence-electron chi connectivity index (χ1n) is 6.06. The van der Waals surface area contributed by atoms with Gasteiger partial charge in [-0.1, -0.05) is 12.1 Å². The number of hydrogen-bond donors (Lipinski definition) is 1. The standard InChI is InChI=1S/C15H16N2O2/c1-19-14-6-3-11(4-7-14)2-5-13-10-12(15(16)18)8-9-17-13/h3-4,6-10H,2,5H2,1H3,(H2,16,18). The molecule has 0 unspecified atom stereocenters. The summed E-state index contributed by atoms with van der Waals surface area (Å²) < 4.78 is 5.11. The summed E-state index contributed by atoms with van der Waals surface area (Å²) in [6.07, 6.45) is 3.25. The van der Waals surface area contributed by atoms with E-state index in [1.807, 2.05) is 24.3 Å². The lowest BCUT2D eigenvalue weighted by molar-refractivity contribution is 0.1000. The Morgan fingerprint density at radius 3 is 2.58 bits per heavy atom. The predicted octanol–water partition coefficient (Wildman–Crippen LogP) is 1.97. The van der Waals surface area contributed by atoms with E-state index in [-0.39, 0.29) is 0 Å². The van der Waals surface area contributed by atoms with Crippen LogP contribution in [0.25, 0.3) is 0 Å². The van der Waals surface area contributed by atoms with Crippen LogP contribution >= 0.6 is 0 Å². The Hall–Kier alpha value is -2.36. The Bertz CT molecular complexity index is 565. The smallest absolute Gasteiger partial charge is 0.248 e. The molecule has 0 saturated heterocycles. The van der Waals surface area contributed by atoms with E-state index < -0.39 is 5.91 Å². The SMILES string of the molecule is COc1ccc(CCc2cc(C(N)=O)ccn2)cc1. The quantitative estimate of drug-likeness (QED) is 0.889. The van der Waals surface area contributed by atoms with Crippen molar-refractivity contribution in [3.8, 4) is 5.75 Å². The van der Waals surface area contributed by atoms with Gasteiger partial charge in [-0.15, -0.1) is 0 Å². The maximum Gasteiger partial charge on any atom is 0.248 e. The summed E-state index contributed by atoms with van der Waals surface area (Å²) in [6.45, 7) is 0. The number of nitrogens with zero attached hydrogens (tertiary/aromatic N) is 1. The van der Waals surface area contributed by atoms with Crippen molar-refractivity contribution in [1.29, 1.82) is 0 Å². The second-order valence-electron chi connectivity index (χ2n) is 4.25. The van der Waals surface area contributed by atoms with E-state index in [2.05, 4.69) is 4.98 Å². The second kappa shape index (κ2) is 6.00. The van der Waals surface area contributed by atoms with Gasteiger partial charge < -0.3 is 10.5 Å². The van der Waals surface area contributed by atoms with Gasteiger partial charge in [-0.2, -0.15) is 0 Å². The van der Waals surface area contributed by atoms with Crippen LogP contribution in [0, 0.1) is 0 Å². The Morgan fingerprint density at radius 2 is 1.95 bits per heavy atom. The van der Waals surface area contributed by atoms with Gasteiger partial charge in [0.15, 0.2) is 0 Å². The van der Waals surface area contributed by atoms with E-state index in [0.717, 1.165) is 24.3 Å². The Morgan fingerprint density at radius 1 is 1.21 bits per heavy atom. The molecule has 4 nitrogen and oxygen atoms in total. The van der Waals surface area contributed by atoms with Crippen molar-refractivity contribution in [3.63, 3.8) is 0 Å². The Balaban J connectivity index is 2.01. The summed E-state index contributed by atoms with van der Waals surface area (Å²) >= 11 is 0. The fraction of sp³-hybridized carbons (Fsp3) is 0.200. The molecule has 1 heterocycles. The van der Waals surface area contributed by atoms with E-state index in [1.54, 1.807) is 25.4 Å². The zero-order valence-corrected chi connectivity index (χ0v) is 10.8. The largest absolute Gasteiger partial charge is 0.497 e. The van der Waals surface area contributed by atoms with Gasteiger partial charge in [0.2, 0.25) is 5.91 Å². The molecule has 19 heavy (non-hydrogen) atoms. The van der Waals surface area contributed by atoms with Gasteiger partial charge in [0, 0.05) is 17.5 Å². The number of carbonyl (C=O) groups excluding carboxylic acids is 1. The monoisotopic (exact) mass is 256 g/mol. The summed E-state index contributed by atoms with van der Waals surface area (Å²) in [5.74, 6) is 0.422. The zero-order chi connectivity index (χ0) is 13.7. The molecule has 1 amide bonds. The van der Waals surface area contributed by atoms with Gasteiger partial charge in [-0.25, -0.2) is 0 Å². The molecule has 0 saturated carbocycles. The predicted molar refractivity (Wildman–Crippen MR) is 73.2 cm³/mol. The minimum atomic E-state index is -0.423. The molecule has 0 radical (unpaired) electrons. The maximum absolute atomic E-state index is 11.1. The van der Waals surface area contributed by atoms with Crippen LogP contribution in [0.1, 0.15) is 21.6 Å². The molecule has 0 aliphatic rings. The van der Waals surface area contributed by atoms with Crippen LogP contribution in [-0.2, 0) is 12.8 Å². The number of primary amides is 1. The first-order valence-corrected chi connectivity index (χ1v) is 6.06. The molecule has 0 atom stereocenters. The summed E-state index contributed by atoms with van der Waals surface area (Å²) in [5, 5.41) is 0. The van der Waals surface area contributed by atoms with Crippen molar-refractivity contribution >= 4 is 5.91 Å². The third kappa shape index (κ3) is 3.55. The van der Waals surface area contributed by atoms with Crippen LogP contribution < -0.4 is 10.5 Å². The normalized spacial score (nSPS) is 10.2. The average molecular weight is 256 g/mol. The van der Waals surface area contributed by atoms with Crippen molar-refractivity contribution in [2.24, 2.45) is 5.73 Å². The fourth-order valence-electron chi connectivity index (χ4n) is 1.83. The van der Waals surface area contributed by atoms with Gasteiger partial charge >= 0.3 is 0 Å². The highest BCUT2D eigenvalue weighted by atomic mass is 16.5. The van der Waals surface area contributed by atoms with Crippen molar-refractivity contribution in [2.45, 2.75) is 12.8 Å². The number of carbonyl (C=O) groups is 1. The minimum absolute atomic E-state index is 0.423. The molecular formula is C15H16N2O2. The number of aryl methyl sites for hydroxylation is 2. The van der Waals surface area contributed by atoms with Gasteiger partial charge in [0.1, 0.15) is 5.75 Å². The van der Waals surface area contributed by atoms with E-state index >= 15 is 0 Å². The summed E-state index contributed by atoms with van der Waals surface area (Å²) in [4.78, 5) is 15.3. The van der Waals surface area contributed by atoms with Crippen LogP contribution in [0.4, 0.5) is 0 Å². The molecule has 0 bridgehead atoms. The molecule has 0 aliphatic carbocycles. The molecule has 1 aromatic heterocycles. The van der Waals surface area contributed by atoms with Crippen LogP contribution in [0.5, 0.6) is 5.75 Å². The van der Waals surface area contributed by atoms with Crippen LogP contribution in [0.2, 0.25) is 0 Å². The number of methoxy groups -OCH3 is 1. The van der Waals surface area contributed by atoms with Crippen molar-refractivity contribution < 1.29 is 9.53 Å². The molecule has 0 aliphatic heterocycles. The third-order valence-corrected chi connectivity index (χ3v) is 2.93. The lowest BCUT2D eigenvalue weighted by Crippen LogP contribution is -2.11. The number of nitrogens with two attached hydrogens (primary N) is 1. The topological polar surface area (TPSA) is 65.2 Å². The lowest BCUT2D eigenvalue weighted by Gasteiger charge is -2.04. The van der Waals surface area contributed by atoms with Crippen LogP contribution in [0.3, 0.4) is 0 Å². The number of ether oxygens (including phenoxy) is 1. The lowest BCUT2D eigenvalue weighted by atomic mass is 10.1. The number of pyridine rings is 1. The molecule has 0 spiro atoms. The highest BCUT2D eigenvalue weighted by Crippen LogP contribution is 2.13. The van der Waals surface area contributed by atoms with Gasteiger partial charge in [0.05, 0.1) is 7.11 Å². The summed E-state index contributed by atoms with van der Waals surface area (Å²) in [7, 11) is 1.65. The second-order valence-corrected chi connectivity index (χ2v) is 4.25. The summed E-state index contributed by atoms with van der Waals surface area (Å²) in [5.41, 5.74) is 7.81. The van der Waals surface area contributed by atoms with Crippen molar-refractivity contribution in [3.05, 3.63) is 59.4 Å². The van der Waals surface area contributed by atoms with Gasteiger partial charge in [-0.05, 0) is 42.7 Å². The third-order valence-electron chi connectivity index (χ3n) is 2.93. The molecular weight excluding hydrogens is 240 g/mol. The highest BCUT2D eigenvalue weighted by Gasteiger charge is 2.03. The van der Waals surface area contributed by atoms with Crippen LogP contribution in [-0.4, -0.2) is 18.0 Å². The molecule has 2 N–H and O–H groups in total. The first-order chi connectivity index (χ1) is 9.19. The first kappa shape index (κ1) is 13.1. The van der Waals surface area contributed by atoms with E-state index in [1.165, 1.54) is 5.56 Å². The molecule has 2 aromatic rings. The highest BCUT2D eigenvalue weighted by molar-refractivity contribution is 5.92. The summed E-state index contributed by atoms with van der Waals surface area (Å²) in [6, 6.07) is 11.3. The minimum Gasteiger partial charge on any atom is -0.497 e. The van der Waals surface area contributed by atoms with E-state index in [9.17, 15) is 4.79 Å². The number of benzene rings is 1. The van der Waals surface area contributed by atoms with E-state index in [0.29, 0.717) is 5.56 Å². The Kier molecular flexibility index (Phi) is 4.13. The van der Waals surface area contributed by atoms with E-state index in [4.69, 9.17) is 10.5 Å². The van der Waals surface area contributed by atoms with Crippen LogP contribution in [0.15, 0.2) is 42.6 Å². The molecule has 0 fully saturated rings. The van der Waals surface area contributed by atoms with Crippen molar-refractivity contribution in [2.75, 3.05) is 7.11 Å². The van der Waals surface area contributed by atoms with Gasteiger partial charge in [-0.3, -0.25) is 9.78 Å². The number of rotatable bonds is 5. The average Bonchev–Trinajstić information content (AvgIpc) is 2.46.